The van der Waals surface area contributed by atoms with Crippen LogP contribution in [0.3, 0.4) is 0 Å². The van der Waals surface area contributed by atoms with Crippen molar-refractivity contribution in [3.05, 3.63) is 11.9 Å². The Kier molecular flexibility index (Phi) is 2.96. The molecule has 5 nitrogen and oxygen atoms in total. The number of nitrogens with two attached hydrogens (primary N) is 1. The van der Waals surface area contributed by atoms with Gasteiger partial charge in [0.05, 0.1) is 0 Å². The van der Waals surface area contributed by atoms with E-state index in [0.29, 0.717) is 11.9 Å². The van der Waals surface area contributed by atoms with Gasteiger partial charge in [0.1, 0.15) is 18.0 Å². The molecular formula is C11H19N5. The van der Waals surface area contributed by atoms with E-state index in [1.54, 1.807) is 6.33 Å². The summed E-state index contributed by atoms with van der Waals surface area (Å²) in [5.74, 6) is 7.85. The van der Waals surface area contributed by atoms with Crippen LogP contribution in [0.4, 0.5) is 11.6 Å². The lowest BCUT2D eigenvalue weighted by Crippen LogP contribution is -2.29. The van der Waals surface area contributed by atoms with Crippen LogP contribution in [-0.2, 0) is 0 Å². The van der Waals surface area contributed by atoms with Gasteiger partial charge in [-0.25, -0.2) is 15.8 Å². The maximum absolute atomic E-state index is 5.42. The van der Waals surface area contributed by atoms with E-state index >= 15 is 0 Å². The van der Waals surface area contributed by atoms with Gasteiger partial charge in [0.2, 0.25) is 0 Å². The first-order valence-corrected chi connectivity index (χ1v) is 5.68. The second kappa shape index (κ2) is 4.25. The van der Waals surface area contributed by atoms with Gasteiger partial charge in [0.25, 0.3) is 0 Å². The molecule has 0 aromatic carbocycles. The maximum Gasteiger partial charge on any atom is 0.148 e. The molecular weight excluding hydrogens is 202 g/mol. The number of rotatable bonds is 2. The molecule has 0 saturated carbocycles. The highest BCUT2D eigenvalue weighted by Gasteiger charge is 2.28. The molecule has 1 aromatic heterocycles. The number of anilines is 2. The fourth-order valence-electron chi connectivity index (χ4n) is 2.47. The predicted octanol–water partition coefficient (Wildman–Crippen LogP) is 1.31. The molecule has 0 aliphatic carbocycles. The Morgan fingerprint density at radius 2 is 2.19 bits per heavy atom. The van der Waals surface area contributed by atoms with Crippen molar-refractivity contribution in [3.63, 3.8) is 0 Å². The number of nitrogens with zero attached hydrogens (tertiary/aromatic N) is 3. The third-order valence-corrected chi connectivity index (χ3v) is 3.25. The lowest BCUT2D eigenvalue weighted by atomic mass is 10.1. The molecule has 2 unspecified atom stereocenters. The van der Waals surface area contributed by atoms with E-state index in [1.165, 1.54) is 6.42 Å². The van der Waals surface area contributed by atoms with Gasteiger partial charge >= 0.3 is 0 Å². The highest BCUT2D eigenvalue weighted by Crippen LogP contribution is 2.30. The Balaban J connectivity index is 2.33. The topological polar surface area (TPSA) is 67.1 Å². The first kappa shape index (κ1) is 11.1. The predicted molar refractivity (Wildman–Crippen MR) is 65.2 cm³/mol. The zero-order valence-corrected chi connectivity index (χ0v) is 10.1. The first-order valence-electron chi connectivity index (χ1n) is 5.68. The second-order valence-corrected chi connectivity index (χ2v) is 4.66. The Morgan fingerprint density at radius 3 is 2.75 bits per heavy atom. The van der Waals surface area contributed by atoms with Crippen LogP contribution >= 0.6 is 0 Å². The molecule has 2 heterocycles. The first-order chi connectivity index (χ1) is 7.63. The number of hydrazine groups is 1. The minimum absolute atomic E-state index is 0.536. The van der Waals surface area contributed by atoms with E-state index < -0.39 is 0 Å². The normalized spacial score (nSPS) is 24.9. The number of aromatic nitrogens is 2. The van der Waals surface area contributed by atoms with E-state index in [1.807, 2.05) is 6.92 Å². The van der Waals surface area contributed by atoms with E-state index in [-0.39, 0.29) is 0 Å². The molecule has 0 bridgehead atoms. The van der Waals surface area contributed by atoms with Gasteiger partial charge in [-0.3, -0.25) is 0 Å². The van der Waals surface area contributed by atoms with Crippen molar-refractivity contribution in [2.24, 2.45) is 11.8 Å². The second-order valence-electron chi connectivity index (χ2n) is 4.66. The molecule has 1 fully saturated rings. The fraction of sp³-hybridized carbons (Fsp3) is 0.636. The average molecular weight is 221 g/mol. The van der Waals surface area contributed by atoms with Crippen molar-refractivity contribution in [1.29, 1.82) is 0 Å². The van der Waals surface area contributed by atoms with Crippen molar-refractivity contribution < 1.29 is 0 Å². The molecule has 0 amide bonds. The summed E-state index contributed by atoms with van der Waals surface area (Å²) in [6.45, 7) is 7.57. The third-order valence-electron chi connectivity index (χ3n) is 3.25. The number of nitrogen functional groups attached to an aromatic ring is 1. The summed E-state index contributed by atoms with van der Waals surface area (Å²) in [6, 6.07) is 0.536. The lowest BCUT2D eigenvalue weighted by molar-refractivity contribution is 0.625. The van der Waals surface area contributed by atoms with E-state index in [9.17, 15) is 0 Å². The van der Waals surface area contributed by atoms with Crippen LogP contribution in [0.25, 0.3) is 0 Å². The van der Waals surface area contributed by atoms with E-state index in [0.717, 1.165) is 23.8 Å². The Hall–Kier alpha value is -1.36. The summed E-state index contributed by atoms with van der Waals surface area (Å²) in [7, 11) is 0. The zero-order chi connectivity index (χ0) is 11.7. The zero-order valence-electron chi connectivity index (χ0n) is 10.1. The molecule has 16 heavy (non-hydrogen) atoms. The summed E-state index contributed by atoms with van der Waals surface area (Å²) >= 11 is 0. The molecule has 1 aliphatic rings. The van der Waals surface area contributed by atoms with Crippen LogP contribution in [0, 0.1) is 12.8 Å². The minimum atomic E-state index is 0.536. The summed E-state index contributed by atoms with van der Waals surface area (Å²) in [6.07, 6.45) is 2.78. The van der Waals surface area contributed by atoms with Gasteiger partial charge in [0.15, 0.2) is 0 Å². The number of hydrogen-bond acceptors (Lipinski definition) is 5. The average Bonchev–Trinajstić information content (AvgIpc) is 2.58. The summed E-state index contributed by atoms with van der Waals surface area (Å²) < 4.78 is 0. The highest BCUT2D eigenvalue weighted by atomic mass is 15.3. The van der Waals surface area contributed by atoms with Crippen molar-refractivity contribution in [2.45, 2.75) is 33.2 Å². The lowest BCUT2D eigenvalue weighted by Gasteiger charge is -2.24. The van der Waals surface area contributed by atoms with Gasteiger partial charge in [0, 0.05) is 18.2 Å². The standard InChI is InChI=1S/C11H19N5/c1-7-4-8(2)16(5-7)11-9(3)10(15-12)13-6-14-11/h6-8H,4-5,12H2,1-3H3,(H,13,14,15). The van der Waals surface area contributed by atoms with E-state index in [4.69, 9.17) is 5.84 Å². The molecule has 2 rings (SSSR count). The SMILES string of the molecule is Cc1c(NN)ncnc1N1CC(C)CC1C. The largest absolute Gasteiger partial charge is 0.353 e. The Bertz CT molecular complexity index is 379. The highest BCUT2D eigenvalue weighted by molar-refractivity contribution is 5.58. The van der Waals surface area contributed by atoms with Crippen LogP contribution in [0.2, 0.25) is 0 Å². The molecule has 2 atom stereocenters. The smallest absolute Gasteiger partial charge is 0.148 e. The quantitative estimate of drug-likeness (QED) is 0.582. The van der Waals surface area contributed by atoms with Crippen molar-refractivity contribution in [1.82, 2.24) is 9.97 Å². The summed E-state index contributed by atoms with van der Waals surface area (Å²) in [4.78, 5) is 10.8. The number of hydrogen-bond donors (Lipinski definition) is 2. The monoisotopic (exact) mass is 221 g/mol. The molecule has 0 radical (unpaired) electrons. The van der Waals surface area contributed by atoms with Crippen LogP contribution in [0.1, 0.15) is 25.8 Å². The Morgan fingerprint density at radius 1 is 1.44 bits per heavy atom. The molecule has 5 heteroatoms. The molecule has 1 aliphatic heterocycles. The van der Waals surface area contributed by atoms with E-state index in [2.05, 4.69) is 34.1 Å². The van der Waals surface area contributed by atoms with Crippen LogP contribution < -0.4 is 16.2 Å². The van der Waals surface area contributed by atoms with Crippen LogP contribution in [0.15, 0.2) is 6.33 Å². The molecule has 1 aromatic rings. The molecule has 3 N–H and O–H groups in total. The van der Waals surface area contributed by atoms with Gasteiger partial charge in [-0.2, -0.15) is 0 Å². The van der Waals surface area contributed by atoms with Gasteiger partial charge in [-0.1, -0.05) is 6.92 Å². The summed E-state index contributed by atoms with van der Waals surface area (Å²) in [5, 5.41) is 0. The maximum atomic E-state index is 5.42. The van der Waals surface area contributed by atoms with Crippen molar-refractivity contribution in [3.8, 4) is 0 Å². The summed E-state index contributed by atoms with van der Waals surface area (Å²) in [5.41, 5.74) is 3.63. The van der Waals surface area contributed by atoms with Crippen LogP contribution in [0.5, 0.6) is 0 Å². The molecule has 0 spiro atoms. The minimum Gasteiger partial charge on any atom is -0.353 e. The number of nitrogens with one attached hydrogen (secondary N) is 1. The molecule has 1 saturated heterocycles. The fourth-order valence-corrected chi connectivity index (χ4v) is 2.47. The van der Waals surface area contributed by atoms with Gasteiger partial charge in [-0.15, -0.1) is 0 Å². The van der Waals surface area contributed by atoms with Gasteiger partial charge in [-0.05, 0) is 26.2 Å². The van der Waals surface area contributed by atoms with Gasteiger partial charge < -0.3 is 10.3 Å². The third kappa shape index (κ3) is 1.82. The van der Waals surface area contributed by atoms with Crippen molar-refractivity contribution >= 4 is 11.6 Å². The molecule has 88 valence electrons. The Labute approximate surface area is 96.0 Å². The van der Waals surface area contributed by atoms with Crippen molar-refractivity contribution in [2.75, 3.05) is 16.9 Å². The van der Waals surface area contributed by atoms with Crippen LogP contribution in [-0.4, -0.2) is 22.6 Å².